The van der Waals surface area contributed by atoms with Crippen LogP contribution in [0.4, 0.5) is 0 Å². The van der Waals surface area contributed by atoms with Crippen LogP contribution >= 0.6 is 0 Å². The zero-order valence-electron chi connectivity index (χ0n) is 10.2. The Morgan fingerprint density at radius 2 is 2.22 bits per heavy atom. The first-order valence-electron chi connectivity index (χ1n) is 6.45. The molecule has 3 rings (SSSR count). The molecule has 18 heavy (non-hydrogen) atoms. The molecule has 2 fully saturated rings. The van der Waals surface area contributed by atoms with Crippen molar-refractivity contribution in [1.82, 2.24) is 15.2 Å². The Labute approximate surface area is 105 Å². The normalized spacial score (nSPS) is 27.0. The maximum absolute atomic E-state index is 12.3. The highest BCUT2D eigenvalue weighted by Gasteiger charge is 2.36. The van der Waals surface area contributed by atoms with E-state index in [0.29, 0.717) is 17.5 Å². The van der Waals surface area contributed by atoms with Crippen LogP contribution in [0, 0.1) is 5.92 Å². The van der Waals surface area contributed by atoms with E-state index in [1.54, 1.807) is 6.07 Å². The van der Waals surface area contributed by atoms with Gasteiger partial charge in [0, 0.05) is 31.4 Å². The summed E-state index contributed by atoms with van der Waals surface area (Å²) in [5.41, 5.74) is 0.386. The fraction of sp³-hybridized carbons (Fsp3) is 0.538. The smallest absolute Gasteiger partial charge is 0.255 e. The van der Waals surface area contributed by atoms with Crippen LogP contribution in [0.5, 0.6) is 0 Å². The van der Waals surface area contributed by atoms with Gasteiger partial charge in [-0.2, -0.15) is 0 Å². The number of carbonyl (C=O) groups is 1. The molecule has 2 aliphatic heterocycles. The molecule has 1 amide bonds. The van der Waals surface area contributed by atoms with Gasteiger partial charge in [-0.05, 0) is 31.4 Å². The molecule has 2 N–H and O–H groups in total. The fourth-order valence-corrected chi connectivity index (χ4v) is 2.94. The van der Waals surface area contributed by atoms with E-state index in [2.05, 4.69) is 10.3 Å². The van der Waals surface area contributed by atoms with Crippen molar-refractivity contribution >= 4 is 5.91 Å². The zero-order valence-corrected chi connectivity index (χ0v) is 10.2. The van der Waals surface area contributed by atoms with Crippen LogP contribution in [-0.2, 0) is 0 Å². The standard InChI is InChI=1S/C13H17N3O2/c17-12-4-3-9(6-15-12)13(18)16-7-10-2-1-5-14-11(10)8-16/h3-4,6,10-11,14H,1-2,5,7-8H2,(H,15,17)/t10-,11+/m0/s1. The maximum Gasteiger partial charge on any atom is 0.255 e. The summed E-state index contributed by atoms with van der Waals surface area (Å²) in [5.74, 6) is 0.605. The summed E-state index contributed by atoms with van der Waals surface area (Å²) in [6.07, 6.45) is 3.90. The number of piperidine rings is 1. The number of amides is 1. The summed E-state index contributed by atoms with van der Waals surface area (Å²) < 4.78 is 0. The first-order valence-corrected chi connectivity index (χ1v) is 6.45. The number of likely N-dealkylation sites (tertiary alicyclic amines) is 1. The van der Waals surface area contributed by atoms with Gasteiger partial charge in [-0.15, -0.1) is 0 Å². The average molecular weight is 247 g/mol. The third-order valence-corrected chi connectivity index (χ3v) is 3.92. The van der Waals surface area contributed by atoms with Crippen LogP contribution < -0.4 is 10.9 Å². The largest absolute Gasteiger partial charge is 0.337 e. The summed E-state index contributed by atoms with van der Waals surface area (Å²) >= 11 is 0. The quantitative estimate of drug-likeness (QED) is 0.745. The minimum atomic E-state index is -0.177. The number of nitrogens with zero attached hydrogens (tertiary/aromatic N) is 1. The number of fused-ring (bicyclic) bond motifs is 1. The van der Waals surface area contributed by atoms with Gasteiger partial charge in [0.15, 0.2) is 0 Å². The topological polar surface area (TPSA) is 65.2 Å². The van der Waals surface area contributed by atoms with Crippen molar-refractivity contribution in [1.29, 1.82) is 0 Å². The molecule has 1 aromatic heterocycles. The van der Waals surface area contributed by atoms with Crippen molar-refractivity contribution in [2.45, 2.75) is 18.9 Å². The van der Waals surface area contributed by atoms with E-state index in [1.807, 2.05) is 4.90 Å². The van der Waals surface area contributed by atoms with Crippen LogP contribution in [0.15, 0.2) is 23.1 Å². The first-order chi connectivity index (χ1) is 8.74. The lowest BCUT2D eigenvalue weighted by molar-refractivity contribution is 0.0785. The molecule has 2 atom stereocenters. The minimum absolute atomic E-state index is 0.0162. The van der Waals surface area contributed by atoms with Crippen molar-refractivity contribution in [3.63, 3.8) is 0 Å². The van der Waals surface area contributed by atoms with Gasteiger partial charge >= 0.3 is 0 Å². The van der Waals surface area contributed by atoms with Crippen LogP contribution in [0.1, 0.15) is 23.2 Å². The molecule has 0 aromatic carbocycles. The Hall–Kier alpha value is -1.62. The lowest BCUT2D eigenvalue weighted by Crippen LogP contribution is -2.41. The van der Waals surface area contributed by atoms with Gasteiger partial charge in [-0.1, -0.05) is 0 Å². The summed E-state index contributed by atoms with van der Waals surface area (Å²) in [6, 6.07) is 3.44. The van der Waals surface area contributed by atoms with E-state index < -0.39 is 0 Å². The number of aromatic amines is 1. The molecule has 0 bridgehead atoms. The molecule has 0 radical (unpaired) electrons. The lowest BCUT2D eigenvalue weighted by atomic mass is 9.94. The number of carbonyl (C=O) groups excluding carboxylic acids is 1. The Morgan fingerprint density at radius 1 is 1.33 bits per heavy atom. The Kier molecular flexibility index (Phi) is 2.91. The summed E-state index contributed by atoms with van der Waals surface area (Å²) in [7, 11) is 0. The monoisotopic (exact) mass is 247 g/mol. The van der Waals surface area contributed by atoms with Gasteiger partial charge in [0.25, 0.3) is 5.91 Å². The molecule has 0 saturated carbocycles. The highest BCUT2D eigenvalue weighted by Crippen LogP contribution is 2.25. The molecule has 5 nitrogen and oxygen atoms in total. The fourth-order valence-electron chi connectivity index (χ4n) is 2.94. The second kappa shape index (κ2) is 4.57. The van der Waals surface area contributed by atoms with E-state index in [1.165, 1.54) is 25.1 Å². The predicted octanol–water partition coefficient (Wildman–Crippen LogP) is 0.199. The predicted molar refractivity (Wildman–Crippen MR) is 67.5 cm³/mol. The molecule has 3 heterocycles. The van der Waals surface area contributed by atoms with E-state index in [0.717, 1.165) is 19.6 Å². The number of H-pyrrole nitrogens is 1. The molecule has 2 aliphatic rings. The van der Waals surface area contributed by atoms with Crippen LogP contribution in [-0.4, -0.2) is 41.5 Å². The molecule has 1 aromatic rings. The molecule has 96 valence electrons. The van der Waals surface area contributed by atoms with Crippen LogP contribution in [0.3, 0.4) is 0 Å². The third-order valence-electron chi connectivity index (χ3n) is 3.92. The van der Waals surface area contributed by atoms with Gasteiger partial charge in [0.2, 0.25) is 5.56 Å². The second-order valence-corrected chi connectivity index (χ2v) is 5.11. The number of rotatable bonds is 1. The third kappa shape index (κ3) is 2.06. The van der Waals surface area contributed by atoms with Gasteiger partial charge in [-0.3, -0.25) is 9.59 Å². The maximum atomic E-state index is 12.3. The summed E-state index contributed by atoms with van der Waals surface area (Å²) in [5, 5.41) is 3.47. The van der Waals surface area contributed by atoms with E-state index in [4.69, 9.17) is 0 Å². The van der Waals surface area contributed by atoms with Crippen molar-refractivity contribution in [2.24, 2.45) is 5.92 Å². The zero-order chi connectivity index (χ0) is 12.5. The van der Waals surface area contributed by atoms with Crippen molar-refractivity contribution in [3.05, 3.63) is 34.2 Å². The second-order valence-electron chi connectivity index (χ2n) is 5.11. The number of nitrogens with one attached hydrogen (secondary N) is 2. The van der Waals surface area contributed by atoms with Crippen LogP contribution in [0.25, 0.3) is 0 Å². The highest BCUT2D eigenvalue weighted by molar-refractivity contribution is 5.94. The molecular formula is C13H17N3O2. The minimum Gasteiger partial charge on any atom is -0.337 e. The number of aromatic nitrogens is 1. The Balaban J connectivity index is 1.74. The number of hydrogen-bond acceptors (Lipinski definition) is 3. The summed E-state index contributed by atoms with van der Waals surface area (Å²) in [6.45, 7) is 2.67. The Bertz CT molecular complexity index is 477. The van der Waals surface area contributed by atoms with E-state index >= 15 is 0 Å². The van der Waals surface area contributed by atoms with Crippen molar-refractivity contribution in [2.75, 3.05) is 19.6 Å². The molecule has 5 heteroatoms. The molecule has 0 unspecified atom stereocenters. The van der Waals surface area contributed by atoms with Gasteiger partial charge in [0.05, 0.1) is 5.56 Å². The Morgan fingerprint density at radius 3 is 2.94 bits per heavy atom. The van der Waals surface area contributed by atoms with Crippen LogP contribution in [0.2, 0.25) is 0 Å². The summed E-state index contributed by atoms with van der Waals surface area (Å²) in [4.78, 5) is 27.7. The SMILES string of the molecule is O=C(c1ccc(=O)[nH]c1)N1C[C@@H]2CCCN[C@@H]2C1. The first kappa shape index (κ1) is 11.5. The van der Waals surface area contributed by atoms with Gasteiger partial charge in [0.1, 0.15) is 0 Å². The highest BCUT2D eigenvalue weighted by atomic mass is 16.2. The number of hydrogen-bond donors (Lipinski definition) is 2. The molecule has 2 saturated heterocycles. The van der Waals surface area contributed by atoms with Gasteiger partial charge in [-0.25, -0.2) is 0 Å². The van der Waals surface area contributed by atoms with Crippen molar-refractivity contribution in [3.8, 4) is 0 Å². The molecule has 0 aliphatic carbocycles. The van der Waals surface area contributed by atoms with Crippen molar-refractivity contribution < 1.29 is 4.79 Å². The van der Waals surface area contributed by atoms with E-state index in [-0.39, 0.29) is 11.5 Å². The number of pyridine rings is 1. The lowest BCUT2D eigenvalue weighted by Gasteiger charge is -2.24. The molecule has 0 spiro atoms. The van der Waals surface area contributed by atoms with E-state index in [9.17, 15) is 9.59 Å². The average Bonchev–Trinajstić information content (AvgIpc) is 2.82. The van der Waals surface area contributed by atoms with Gasteiger partial charge < -0.3 is 15.2 Å². The molecular weight excluding hydrogens is 230 g/mol.